The Labute approximate surface area is 108 Å². The molecule has 2 heterocycles. The van der Waals surface area contributed by atoms with Gasteiger partial charge < -0.3 is 4.98 Å². The second-order valence-electron chi connectivity index (χ2n) is 5.25. The summed E-state index contributed by atoms with van der Waals surface area (Å²) in [6, 6.07) is 10.0. The summed E-state index contributed by atoms with van der Waals surface area (Å²) < 4.78 is 0. The number of hydrogen-bond acceptors (Lipinski definition) is 1. The van der Waals surface area contributed by atoms with Crippen molar-refractivity contribution in [3.8, 4) is 0 Å². The number of rotatable bonds is 1. The molecular weight excluding hydrogens is 241 g/mol. The van der Waals surface area contributed by atoms with Crippen LogP contribution in [0.25, 0.3) is 10.8 Å². The number of aromatic amines is 1. The Bertz CT molecular complexity index is 624. The zero-order valence-corrected chi connectivity index (χ0v) is 11.7. The first kappa shape index (κ1) is 11.9. The van der Waals surface area contributed by atoms with E-state index in [-0.39, 0.29) is 13.5 Å². The minimum absolute atomic E-state index is 0.0666. The minimum Gasteiger partial charge on any atom is -0.322 e. The molecule has 2 nitrogen and oxygen atoms in total. The van der Waals surface area contributed by atoms with Gasteiger partial charge in [-0.2, -0.15) is 0 Å². The standard InChI is InChI=1S/C15H18NOP/c1-10-7-8-11(2)18(10)14-9-12-5-3-4-6-13(12)15(17)16-14/h3-6,9-11H,7-8H2,1-2H3,(H,16,17)/t10-,11-/m0/s1. The lowest BCUT2D eigenvalue weighted by Crippen LogP contribution is -2.22. The van der Waals surface area contributed by atoms with Crippen molar-refractivity contribution in [2.24, 2.45) is 0 Å². The molecule has 2 atom stereocenters. The second-order valence-corrected chi connectivity index (χ2v) is 8.31. The van der Waals surface area contributed by atoms with Crippen LogP contribution in [0.1, 0.15) is 26.7 Å². The summed E-state index contributed by atoms with van der Waals surface area (Å²) >= 11 is 0. The van der Waals surface area contributed by atoms with Gasteiger partial charge in [0.2, 0.25) is 0 Å². The Morgan fingerprint density at radius 2 is 1.83 bits per heavy atom. The highest BCUT2D eigenvalue weighted by molar-refractivity contribution is 7.67. The number of H-pyrrole nitrogens is 1. The SMILES string of the molecule is C[C@H]1CC[C@H](C)P1c1cc2ccccc2c(=O)[nH]1. The van der Waals surface area contributed by atoms with Crippen LogP contribution in [-0.2, 0) is 0 Å². The molecule has 1 aromatic heterocycles. The maximum atomic E-state index is 12.1. The third-order valence-corrected chi connectivity index (χ3v) is 7.18. The predicted octanol–water partition coefficient (Wildman–Crippen LogP) is 3.21. The van der Waals surface area contributed by atoms with Crippen LogP contribution in [0.5, 0.6) is 0 Å². The van der Waals surface area contributed by atoms with Crippen LogP contribution in [0.2, 0.25) is 0 Å². The van der Waals surface area contributed by atoms with E-state index in [0.29, 0.717) is 0 Å². The topological polar surface area (TPSA) is 32.9 Å². The summed E-state index contributed by atoms with van der Waals surface area (Å²) in [6.45, 7) is 4.64. The molecule has 94 valence electrons. The molecule has 1 aromatic carbocycles. The Hall–Kier alpha value is -1.14. The molecule has 1 aliphatic rings. The minimum atomic E-state index is -0.208. The van der Waals surface area contributed by atoms with Crippen LogP contribution in [-0.4, -0.2) is 16.3 Å². The van der Waals surface area contributed by atoms with Crippen LogP contribution >= 0.6 is 7.92 Å². The van der Waals surface area contributed by atoms with Crippen molar-refractivity contribution >= 4 is 24.1 Å². The third kappa shape index (κ3) is 1.89. The second kappa shape index (κ2) is 4.51. The highest BCUT2D eigenvalue weighted by Gasteiger charge is 2.31. The summed E-state index contributed by atoms with van der Waals surface area (Å²) in [7, 11) is -0.208. The summed E-state index contributed by atoms with van der Waals surface area (Å²) in [4.78, 5) is 15.3. The van der Waals surface area contributed by atoms with Gasteiger partial charge in [-0.1, -0.05) is 40.0 Å². The Morgan fingerprint density at radius 1 is 1.17 bits per heavy atom. The molecule has 0 radical (unpaired) electrons. The van der Waals surface area contributed by atoms with Crippen LogP contribution < -0.4 is 11.0 Å². The van der Waals surface area contributed by atoms with E-state index >= 15 is 0 Å². The zero-order valence-electron chi connectivity index (χ0n) is 10.8. The molecule has 0 bridgehead atoms. The summed E-state index contributed by atoms with van der Waals surface area (Å²) in [6.07, 6.45) is 2.59. The van der Waals surface area contributed by atoms with E-state index in [1.807, 2.05) is 24.3 Å². The molecular formula is C15H18NOP. The van der Waals surface area contributed by atoms with Gasteiger partial charge in [0.25, 0.3) is 5.56 Å². The summed E-state index contributed by atoms with van der Waals surface area (Å²) in [5, 5.41) is 1.88. The highest BCUT2D eigenvalue weighted by Crippen LogP contribution is 2.53. The van der Waals surface area contributed by atoms with Crippen molar-refractivity contribution in [2.45, 2.75) is 38.0 Å². The number of fused-ring (bicyclic) bond motifs is 1. The fraction of sp³-hybridized carbons (Fsp3) is 0.400. The molecule has 0 amide bonds. The molecule has 1 aliphatic heterocycles. The lowest BCUT2D eigenvalue weighted by atomic mass is 10.2. The summed E-state index contributed by atoms with van der Waals surface area (Å²) in [5.74, 6) is 0. The average molecular weight is 259 g/mol. The fourth-order valence-electron chi connectivity index (χ4n) is 3.01. The molecule has 0 saturated carbocycles. The Kier molecular flexibility index (Phi) is 2.99. The summed E-state index contributed by atoms with van der Waals surface area (Å²) in [5.41, 5.74) is 2.71. The molecule has 18 heavy (non-hydrogen) atoms. The van der Waals surface area contributed by atoms with Crippen LogP contribution in [0.3, 0.4) is 0 Å². The molecule has 2 aromatic rings. The van der Waals surface area contributed by atoms with Gasteiger partial charge in [-0.15, -0.1) is 0 Å². The highest BCUT2D eigenvalue weighted by atomic mass is 31.1. The first-order valence-electron chi connectivity index (χ1n) is 6.57. The van der Waals surface area contributed by atoms with Crippen molar-refractivity contribution < 1.29 is 0 Å². The predicted molar refractivity (Wildman–Crippen MR) is 79.3 cm³/mol. The van der Waals surface area contributed by atoms with Gasteiger partial charge in [-0.3, -0.25) is 4.79 Å². The van der Waals surface area contributed by atoms with Gasteiger partial charge in [0.1, 0.15) is 0 Å². The van der Waals surface area contributed by atoms with E-state index in [1.165, 1.54) is 18.3 Å². The van der Waals surface area contributed by atoms with Gasteiger partial charge in [-0.05, 0) is 41.7 Å². The molecule has 3 heteroatoms. The van der Waals surface area contributed by atoms with Crippen molar-refractivity contribution in [1.29, 1.82) is 0 Å². The van der Waals surface area contributed by atoms with E-state index in [0.717, 1.165) is 22.1 Å². The zero-order chi connectivity index (χ0) is 12.7. The average Bonchev–Trinajstić information content (AvgIpc) is 2.69. The molecule has 1 N–H and O–H groups in total. The quantitative estimate of drug-likeness (QED) is 0.784. The van der Waals surface area contributed by atoms with Gasteiger partial charge >= 0.3 is 0 Å². The van der Waals surface area contributed by atoms with Crippen LogP contribution in [0.4, 0.5) is 0 Å². The lowest BCUT2D eigenvalue weighted by molar-refractivity contribution is 0.777. The normalized spacial score (nSPS) is 24.8. The van der Waals surface area contributed by atoms with Crippen LogP contribution in [0, 0.1) is 0 Å². The van der Waals surface area contributed by atoms with E-state index in [9.17, 15) is 4.79 Å². The molecule has 1 saturated heterocycles. The van der Waals surface area contributed by atoms with E-state index in [4.69, 9.17) is 0 Å². The van der Waals surface area contributed by atoms with Gasteiger partial charge in [0, 0.05) is 10.8 Å². The number of nitrogens with one attached hydrogen (secondary N) is 1. The van der Waals surface area contributed by atoms with Crippen molar-refractivity contribution in [2.75, 3.05) is 0 Å². The lowest BCUT2D eigenvalue weighted by Gasteiger charge is -2.21. The van der Waals surface area contributed by atoms with E-state index < -0.39 is 0 Å². The first-order chi connectivity index (χ1) is 8.66. The van der Waals surface area contributed by atoms with Gasteiger partial charge in [0.05, 0.1) is 0 Å². The van der Waals surface area contributed by atoms with Crippen molar-refractivity contribution in [3.63, 3.8) is 0 Å². The van der Waals surface area contributed by atoms with Crippen molar-refractivity contribution in [3.05, 3.63) is 40.7 Å². The van der Waals surface area contributed by atoms with Crippen molar-refractivity contribution in [1.82, 2.24) is 4.98 Å². The van der Waals surface area contributed by atoms with E-state index in [1.54, 1.807) is 0 Å². The fourth-order valence-corrected chi connectivity index (χ4v) is 6.20. The smallest absolute Gasteiger partial charge is 0.256 e. The maximum absolute atomic E-state index is 12.1. The Balaban J connectivity index is 2.16. The number of hydrogen-bond donors (Lipinski definition) is 1. The Morgan fingerprint density at radius 3 is 2.56 bits per heavy atom. The largest absolute Gasteiger partial charge is 0.322 e. The number of aromatic nitrogens is 1. The molecule has 0 unspecified atom stereocenters. The molecule has 0 spiro atoms. The monoisotopic (exact) mass is 259 g/mol. The number of pyridine rings is 1. The molecule has 3 rings (SSSR count). The maximum Gasteiger partial charge on any atom is 0.256 e. The van der Waals surface area contributed by atoms with Gasteiger partial charge in [0.15, 0.2) is 0 Å². The first-order valence-corrected chi connectivity index (χ1v) is 8.05. The number of benzene rings is 1. The third-order valence-electron chi connectivity index (χ3n) is 3.97. The molecule has 1 fully saturated rings. The molecule has 0 aliphatic carbocycles. The van der Waals surface area contributed by atoms with Gasteiger partial charge in [-0.25, -0.2) is 0 Å². The van der Waals surface area contributed by atoms with Crippen LogP contribution in [0.15, 0.2) is 35.1 Å². The van der Waals surface area contributed by atoms with E-state index in [2.05, 4.69) is 24.9 Å².